The Bertz CT molecular complexity index is 911. The maximum Gasteiger partial charge on any atom is 0.274 e. The smallest absolute Gasteiger partial charge is 0.274 e. The molecule has 0 unspecified atom stereocenters. The minimum atomic E-state index is -0.266. The Morgan fingerprint density at radius 3 is 2.78 bits per heavy atom. The van der Waals surface area contributed by atoms with E-state index in [9.17, 15) is 9.18 Å². The lowest BCUT2D eigenvalue weighted by Crippen LogP contribution is -2.39. The van der Waals surface area contributed by atoms with Crippen LogP contribution in [-0.4, -0.2) is 32.3 Å². The molecule has 4 rings (SSSR count). The molecule has 0 aliphatic carbocycles. The van der Waals surface area contributed by atoms with Crippen molar-refractivity contribution < 1.29 is 13.6 Å². The number of aromatic nitrogens is 3. The van der Waals surface area contributed by atoms with Gasteiger partial charge in [-0.15, -0.1) is 0 Å². The Labute approximate surface area is 156 Å². The monoisotopic (exact) mass is 366 g/mol. The van der Waals surface area contributed by atoms with E-state index in [1.807, 2.05) is 0 Å². The molecule has 3 heterocycles. The van der Waals surface area contributed by atoms with Crippen LogP contribution in [0.25, 0.3) is 0 Å². The Morgan fingerprint density at radius 1 is 1.15 bits per heavy atom. The summed E-state index contributed by atoms with van der Waals surface area (Å²) in [5.74, 6) is 0.793. The summed E-state index contributed by atoms with van der Waals surface area (Å²) >= 11 is 0. The normalized spacial score (nSPS) is 17.1. The van der Waals surface area contributed by atoms with Crippen LogP contribution >= 0.6 is 0 Å². The van der Waals surface area contributed by atoms with Gasteiger partial charge < -0.3 is 9.32 Å². The second kappa shape index (κ2) is 7.65. The van der Waals surface area contributed by atoms with E-state index in [1.165, 1.54) is 24.5 Å². The van der Waals surface area contributed by atoms with Gasteiger partial charge in [-0.25, -0.2) is 14.4 Å². The molecular weight excluding hydrogens is 347 g/mol. The molecule has 1 atom stereocenters. The molecule has 1 fully saturated rings. The zero-order valence-electron chi connectivity index (χ0n) is 14.7. The summed E-state index contributed by atoms with van der Waals surface area (Å²) in [5.41, 5.74) is 1.26. The van der Waals surface area contributed by atoms with E-state index < -0.39 is 0 Å². The third-order valence-electron chi connectivity index (χ3n) is 4.69. The van der Waals surface area contributed by atoms with Crippen molar-refractivity contribution in [3.63, 3.8) is 0 Å². The van der Waals surface area contributed by atoms with E-state index in [1.54, 1.807) is 29.4 Å². The zero-order valence-corrected chi connectivity index (χ0v) is 14.7. The number of amides is 1. The van der Waals surface area contributed by atoms with Gasteiger partial charge in [-0.3, -0.25) is 9.78 Å². The van der Waals surface area contributed by atoms with Crippen molar-refractivity contribution in [2.75, 3.05) is 6.54 Å². The summed E-state index contributed by atoms with van der Waals surface area (Å²) < 4.78 is 19.0. The first kappa shape index (κ1) is 17.3. The van der Waals surface area contributed by atoms with E-state index >= 15 is 0 Å². The van der Waals surface area contributed by atoms with Crippen LogP contribution in [0.1, 0.15) is 53.0 Å². The molecule has 1 amide bonds. The fourth-order valence-corrected chi connectivity index (χ4v) is 3.35. The van der Waals surface area contributed by atoms with E-state index in [2.05, 4.69) is 15.0 Å². The molecule has 0 saturated carbocycles. The molecule has 0 radical (unpaired) electrons. The Hall–Kier alpha value is -3.09. The van der Waals surface area contributed by atoms with Crippen molar-refractivity contribution in [2.24, 2.45) is 0 Å². The number of piperidine rings is 1. The number of nitrogens with zero attached hydrogens (tertiary/aromatic N) is 4. The van der Waals surface area contributed by atoms with Crippen molar-refractivity contribution in [3.8, 4) is 0 Å². The molecule has 1 aliphatic rings. The van der Waals surface area contributed by atoms with Gasteiger partial charge in [0.15, 0.2) is 0 Å². The van der Waals surface area contributed by atoms with Gasteiger partial charge in [-0.05, 0) is 37.0 Å². The van der Waals surface area contributed by atoms with Crippen molar-refractivity contribution >= 4 is 5.91 Å². The van der Waals surface area contributed by atoms with Crippen LogP contribution in [0.4, 0.5) is 4.39 Å². The highest BCUT2D eigenvalue weighted by molar-refractivity contribution is 5.92. The van der Waals surface area contributed by atoms with Crippen molar-refractivity contribution in [2.45, 2.75) is 31.7 Å². The summed E-state index contributed by atoms with van der Waals surface area (Å²) in [5, 5.41) is 0. The van der Waals surface area contributed by atoms with Crippen LogP contribution in [0.3, 0.4) is 0 Å². The summed E-state index contributed by atoms with van der Waals surface area (Å²) in [6.07, 6.45) is 9.47. The van der Waals surface area contributed by atoms with E-state index in [4.69, 9.17) is 4.42 Å². The van der Waals surface area contributed by atoms with Gasteiger partial charge >= 0.3 is 0 Å². The summed E-state index contributed by atoms with van der Waals surface area (Å²) in [7, 11) is 0. The third kappa shape index (κ3) is 3.86. The molecule has 0 N–H and O–H groups in total. The van der Waals surface area contributed by atoms with Gasteiger partial charge in [0.1, 0.15) is 23.3 Å². The lowest BCUT2D eigenvalue weighted by molar-refractivity contribution is 0.0563. The number of halogens is 1. The van der Waals surface area contributed by atoms with E-state index in [0.717, 1.165) is 24.8 Å². The first-order valence-corrected chi connectivity index (χ1v) is 8.97. The molecule has 1 saturated heterocycles. The Morgan fingerprint density at radius 2 is 2.00 bits per heavy atom. The predicted octanol–water partition coefficient (Wildman–Crippen LogP) is 3.56. The number of hydrogen-bond donors (Lipinski definition) is 0. The van der Waals surface area contributed by atoms with Gasteiger partial charge in [0.25, 0.3) is 5.91 Å². The molecule has 3 aromatic rings. The molecular formula is C20H19FN4O2. The Balaban J connectivity index is 1.53. The van der Waals surface area contributed by atoms with Crippen LogP contribution in [0.15, 0.2) is 53.5 Å². The second-order valence-corrected chi connectivity index (χ2v) is 6.57. The van der Waals surface area contributed by atoms with E-state index in [0.29, 0.717) is 30.3 Å². The largest absolute Gasteiger partial charge is 0.443 e. The summed E-state index contributed by atoms with van der Waals surface area (Å²) in [4.78, 5) is 27.1. The lowest BCUT2D eigenvalue weighted by Gasteiger charge is -2.33. The van der Waals surface area contributed by atoms with Gasteiger partial charge in [-0.2, -0.15) is 0 Å². The number of carbonyl (C=O) groups is 1. The zero-order chi connectivity index (χ0) is 18.6. The quantitative estimate of drug-likeness (QED) is 0.706. The number of rotatable bonds is 4. The van der Waals surface area contributed by atoms with Crippen LogP contribution in [0, 0.1) is 5.82 Å². The Kier molecular flexibility index (Phi) is 4.91. The topological polar surface area (TPSA) is 72.1 Å². The predicted molar refractivity (Wildman–Crippen MR) is 95.4 cm³/mol. The molecule has 27 heavy (non-hydrogen) atoms. The van der Waals surface area contributed by atoms with Crippen molar-refractivity contribution in [1.82, 2.24) is 19.9 Å². The summed E-state index contributed by atoms with van der Waals surface area (Å²) in [6.45, 7) is 0.635. The van der Waals surface area contributed by atoms with E-state index in [-0.39, 0.29) is 17.8 Å². The van der Waals surface area contributed by atoms with Crippen molar-refractivity contribution in [3.05, 3.63) is 77.8 Å². The minimum Gasteiger partial charge on any atom is -0.443 e. The number of hydrogen-bond acceptors (Lipinski definition) is 5. The molecule has 7 heteroatoms. The SMILES string of the molecule is O=C(c1cnccn1)N1CCCC[C@H]1c1ncc(Cc2ccc(F)cc2)o1. The highest BCUT2D eigenvalue weighted by Crippen LogP contribution is 2.32. The van der Waals surface area contributed by atoms with Crippen LogP contribution in [-0.2, 0) is 6.42 Å². The van der Waals surface area contributed by atoms with Gasteiger partial charge in [0, 0.05) is 25.4 Å². The summed E-state index contributed by atoms with van der Waals surface area (Å²) in [6, 6.07) is 6.09. The average Bonchev–Trinajstić information content (AvgIpc) is 3.18. The molecule has 2 aromatic heterocycles. The van der Waals surface area contributed by atoms with Gasteiger partial charge in [0.2, 0.25) is 5.89 Å². The molecule has 1 aromatic carbocycles. The number of carbonyl (C=O) groups excluding carboxylic acids is 1. The number of oxazole rings is 1. The fourth-order valence-electron chi connectivity index (χ4n) is 3.35. The third-order valence-corrected chi connectivity index (χ3v) is 4.69. The van der Waals surface area contributed by atoms with Crippen molar-refractivity contribution in [1.29, 1.82) is 0 Å². The highest BCUT2D eigenvalue weighted by Gasteiger charge is 2.32. The molecule has 138 valence electrons. The highest BCUT2D eigenvalue weighted by atomic mass is 19.1. The first-order valence-electron chi connectivity index (χ1n) is 8.97. The number of benzene rings is 1. The van der Waals surface area contributed by atoms with Crippen LogP contribution in [0.5, 0.6) is 0 Å². The number of likely N-dealkylation sites (tertiary alicyclic amines) is 1. The lowest BCUT2D eigenvalue weighted by atomic mass is 10.0. The minimum absolute atomic E-state index is 0.161. The van der Waals surface area contributed by atoms with Gasteiger partial charge in [-0.1, -0.05) is 12.1 Å². The maximum atomic E-state index is 13.0. The fraction of sp³-hybridized carbons (Fsp3) is 0.300. The van der Waals surface area contributed by atoms with Crippen LogP contribution < -0.4 is 0 Å². The molecule has 0 bridgehead atoms. The standard InChI is InChI=1S/C20H19FN4O2/c21-15-6-4-14(5-7-15)11-16-12-24-19(27-16)18-3-1-2-10-25(18)20(26)17-13-22-8-9-23-17/h4-9,12-13,18H,1-3,10-11H2/t18-/m0/s1. The van der Waals surface area contributed by atoms with Gasteiger partial charge in [0.05, 0.1) is 12.4 Å². The average molecular weight is 366 g/mol. The molecule has 1 aliphatic heterocycles. The second-order valence-electron chi connectivity index (χ2n) is 6.57. The maximum absolute atomic E-state index is 13.0. The molecule has 0 spiro atoms. The first-order chi connectivity index (χ1) is 13.2. The van der Waals surface area contributed by atoms with Crippen LogP contribution in [0.2, 0.25) is 0 Å². The molecule has 6 nitrogen and oxygen atoms in total.